The van der Waals surface area contributed by atoms with Crippen LogP contribution in [0.3, 0.4) is 0 Å². The number of carbonyl (C=O) groups excluding carboxylic acids is 2. The molecule has 0 bridgehead atoms. The number of halogens is 7. The SMILES string of the molecule is COC(=O)CC1CCC(=O)N1c1c(F)c(F)c(C(F)(F)F)c(F)c1F. The van der Waals surface area contributed by atoms with Gasteiger partial charge in [-0.2, -0.15) is 13.2 Å². The lowest BCUT2D eigenvalue weighted by molar-refractivity contribution is -0.143. The Bertz CT molecular complexity index is 703. The molecule has 0 aliphatic carbocycles. The van der Waals surface area contributed by atoms with Gasteiger partial charge in [0.2, 0.25) is 5.91 Å². The number of alkyl halides is 3. The smallest absolute Gasteiger partial charge is 0.422 e. The fraction of sp³-hybridized carbons (Fsp3) is 0.429. The molecule has 2 rings (SSSR count). The van der Waals surface area contributed by atoms with Gasteiger partial charge in [-0.15, -0.1) is 0 Å². The minimum absolute atomic E-state index is 0.100. The van der Waals surface area contributed by atoms with Gasteiger partial charge in [-0.05, 0) is 6.42 Å². The van der Waals surface area contributed by atoms with Gasteiger partial charge in [-0.1, -0.05) is 0 Å². The third-order valence-corrected chi connectivity index (χ3v) is 3.72. The van der Waals surface area contributed by atoms with E-state index in [9.17, 15) is 40.3 Å². The molecule has 0 radical (unpaired) electrons. The van der Waals surface area contributed by atoms with Gasteiger partial charge >= 0.3 is 12.1 Å². The van der Waals surface area contributed by atoms with Crippen LogP contribution in [0, 0.1) is 23.3 Å². The highest BCUT2D eigenvalue weighted by atomic mass is 19.4. The van der Waals surface area contributed by atoms with Gasteiger partial charge in [0.05, 0.1) is 13.5 Å². The predicted molar refractivity (Wildman–Crippen MR) is 68.4 cm³/mol. The summed E-state index contributed by atoms with van der Waals surface area (Å²) in [4.78, 5) is 23.4. The summed E-state index contributed by atoms with van der Waals surface area (Å²) in [6.45, 7) is 0. The Balaban J connectivity index is 2.62. The van der Waals surface area contributed by atoms with Crippen molar-refractivity contribution in [3.63, 3.8) is 0 Å². The van der Waals surface area contributed by atoms with E-state index in [1.807, 2.05) is 0 Å². The Labute approximate surface area is 136 Å². The lowest BCUT2D eigenvalue weighted by Crippen LogP contribution is -2.37. The first kappa shape index (κ1) is 19.0. The zero-order valence-corrected chi connectivity index (χ0v) is 12.5. The number of hydrogen-bond donors (Lipinski definition) is 0. The van der Waals surface area contributed by atoms with Crippen molar-refractivity contribution in [3.8, 4) is 0 Å². The van der Waals surface area contributed by atoms with Gasteiger partial charge < -0.3 is 9.64 Å². The van der Waals surface area contributed by atoms with Crippen molar-refractivity contribution in [2.75, 3.05) is 12.0 Å². The summed E-state index contributed by atoms with van der Waals surface area (Å²) in [5.74, 6) is -11.9. The van der Waals surface area contributed by atoms with Gasteiger partial charge in [-0.25, -0.2) is 17.6 Å². The van der Waals surface area contributed by atoms with Crippen molar-refractivity contribution in [2.45, 2.75) is 31.5 Å². The number of rotatable bonds is 3. The summed E-state index contributed by atoms with van der Waals surface area (Å²) in [6, 6.07) is -1.21. The van der Waals surface area contributed by atoms with Crippen molar-refractivity contribution < 1.29 is 45.1 Å². The molecule has 4 nitrogen and oxygen atoms in total. The molecule has 1 aromatic carbocycles. The maximum atomic E-state index is 14.1. The number of nitrogens with zero attached hydrogens (tertiary/aromatic N) is 1. The highest BCUT2D eigenvalue weighted by Gasteiger charge is 2.45. The molecule has 1 aliphatic heterocycles. The summed E-state index contributed by atoms with van der Waals surface area (Å²) in [5, 5.41) is 0. The number of hydrogen-bond acceptors (Lipinski definition) is 3. The molecule has 138 valence electrons. The summed E-state index contributed by atoms with van der Waals surface area (Å²) < 4.78 is 97.7. The Morgan fingerprint density at radius 3 is 2.08 bits per heavy atom. The zero-order chi connectivity index (χ0) is 19.1. The number of benzene rings is 1. The monoisotopic (exact) mass is 373 g/mol. The first-order valence-electron chi connectivity index (χ1n) is 6.82. The molecular formula is C14H10F7NO3. The minimum atomic E-state index is -5.69. The van der Waals surface area contributed by atoms with Crippen LogP contribution in [0.1, 0.15) is 24.8 Å². The molecule has 1 aromatic rings. The Kier molecular flexibility index (Phi) is 4.96. The highest BCUT2D eigenvalue weighted by Crippen LogP contribution is 2.41. The summed E-state index contributed by atoms with van der Waals surface area (Å²) in [5.41, 5.74) is -4.33. The molecule has 1 atom stereocenters. The van der Waals surface area contributed by atoms with Crippen molar-refractivity contribution in [2.24, 2.45) is 0 Å². The molecule has 0 saturated carbocycles. The van der Waals surface area contributed by atoms with Crippen LogP contribution in [0.4, 0.5) is 36.4 Å². The van der Waals surface area contributed by atoms with E-state index in [1.54, 1.807) is 0 Å². The highest BCUT2D eigenvalue weighted by molar-refractivity contribution is 5.97. The number of esters is 1. The maximum absolute atomic E-state index is 14.1. The number of methoxy groups -OCH3 is 1. The van der Waals surface area contributed by atoms with Crippen LogP contribution in [0.15, 0.2) is 0 Å². The van der Waals surface area contributed by atoms with E-state index in [4.69, 9.17) is 0 Å². The number of anilines is 1. The first-order valence-corrected chi connectivity index (χ1v) is 6.82. The van der Waals surface area contributed by atoms with Gasteiger partial charge in [0.1, 0.15) is 11.3 Å². The van der Waals surface area contributed by atoms with Crippen LogP contribution in [-0.2, 0) is 20.5 Å². The average molecular weight is 373 g/mol. The summed E-state index contributed by atoms with van der Waals surface area (Å²) in [6.07, 6.45) is -6.65. The molecule has 1 heterocycles. The average Bonchev–Trinajstić information content (AvgIpc) is 2.85. The van der Waals surface area contributed by atoms with Crippen LogP contribution in [0.2, 0.25) is 0 Å². The topological polar surface area (TPSA) is 46.6 Å². The van der Waals surface area contributed by atoms with Crippen LogP contribution in [-0.4, -0.2) is 25.0 Å². The number of ether oxygens (including phenoxy) is 1. The summed E-state index contributed by atoms with van der Waals surface area (Å²) in [7, 11) is 1.00. The van der Waals surface area contributed by atoms with Crippen molar-refractivity contribution in [1.82, 2.24) is 0 Å². The van der Waals surface area contributed by atoms with Crippen molar-refractivity contribution >= 4 is 17.6 Å². The predicted octanol–water partition coefficient (Wildman–Crippen LogP) is 3.32. The molecule has 0 spiro atoms. The van der Waals surface area contributed by atoms with E-state index in [0.29, 0.717) is 0 Å². The molecule has 0 aromatic heterocycles. The summed E-state index contributed by atoms with van der Waals surface area (Å²) >= 11 is 0. The molecule has 1 amide bonds. The molecule has 1 aliphatic rings. The van der Waals surface area contributed by atoms with Crippen LogP contribution in [0.25, 0.3) is 0 Å². The molecule has 11 heteroatoms. The minimum Gasteiger partial charge on any atom is -0.469 e. The Hall–Kier alpha value is -2.33. The molecule has 25 heavy (non-hydrogen) atoms. The second-order valence-electron chi connectivity index (χ2n) is 5.21. The van der Waals surface area contributed by atoms with Crippen LogP contribution < -0.4 is 4.90 Å². The largest absolute Gasteiger partial charge is 0.469 e. The number of amides is 1. The zero-order valence-electron chi connectivity index (χ0n) is 12.5. The molecular weight excluding hydrogens is 363 g/mol. The second kappa shape index (κ2) is 6.52. The molecule has 0 N–H and O–H groups in total. The van der Waals surface area contributed by atoms with Crippen LogP contribution in [0.5, 0.6) is 0 Å². The van der Waals surface area contributed by atoms with Crippen molar-refractivity contribution in [1.29, 1.82) is 0 Å². The van der Waals surface area contributed by atoms with Gasteiger partial charge in [0.25, 0.3) is 0 Å². The van der Waals surface area contributed by atoms with E-state index in [2.05, 4.69) is 4.74 Å². The lowest BCUT2D eigenvalue weighted by atomic mass is 10.1. The molecule has 1 fully saturated rings. The molecule has 1 unspecified atom stereocenters. The maximum Gasteiger partial charge on any atom is 0.422 e. The fourth-order valence-corrected chi connectivity index (χ4v) is 2.60. The van der Waals surface area contributed by atoms with E-state index in [-0.39, 0.29) is 17.7 Å². The normalized spacial score (nSPS) is 18.0. The van der Waals surface area contributed by atoms with E-state index >= 15 is 0 Å². The van der Waals surface area contributed by atoms with Gasteiger partial charge in [-0.3, -0.25) is 9.59 Å². The molecule has 1 saturated heterocycles. The van der Waals surface area contributed by atoms with Crippen molar-refractivity contribution in [3.05, 3.63) is 28.8 Å². The van der Waals surface area contributed by atoms with Gasteiger partial charge in [0, 0.05) is 12.5 Å². The quantitative estimate of drug-likeness (QED) is 0.464. The standard InChI is InChI=1S/C14H10F7NO3/c1-25-7(24)4-5-2-3-6(23)22(5)13-11(17)9(15)8(14(19,20)21)10(16)12(13)18/h5H,2-4H2,1H3. The van der Waals surface area contributed by atoms with Crippen LogP contribution >= 0.6 is 0 Å². The first-order chi connectivity index (χ1) is 11.5. The fourth-order valence-electron chi connectivity index (χ4n) is 2.60. The van der Waals surface area contributed by atoms with E-state index in [1.165, 1.54) is 0 Å². The number of carbonyl (C=O) groups is 2. The van der Waals surface area contributed by atoms with E-state index < -0.39 is 65.0 Å². The van der Waals surface area contributed by atoms with Gasteiger partial charge in [0.15, 0.2) is 23.3 Å². The third kappa shape index (κ3) is 3.27. The Morgan fingerprint density at radius 2 is 1.64 bits per heavy atom. The Morgan fingerprint density at radius 1 is 1.12 bits per heavy atom. The second-order valence-corrected chi connectivity index (χ2v) is 5.21. The third-order valence-electron chi connectivity index (χ3n) is 3.72. The van der Waals surface area contributed by atoms with E-state index in [0.717, 1.165) is 7.11 Å². The lowest BCUT2D eigenvalue weighted by Gasteiger charge is -2.26.